The summed E-state index contributed by atoms with van der Waals surface area (Å²) in [7, 11) is 0. The highest BCUT2D eigenvalue weighted by molar-refractivity contribution is 5.92. The smallest absolute Gasteiger partial charge is 0.322 e. The summed E-state index contributed by atoms with van der Waals surface area (Å²) >= 11 is 0. The van der Waals surface area contributed by atoms with Crippen LogP contribution in [0.15, 0.2) is 30.5 Å². The lowest BCUT2D eigenvalue weighted by Gasteiger charge is -2.42. The van der Waals surface area contributed by atoms with Gasteiger partial charge in [0.15, 0.2) is 0 Å². The molecule has 1 aromatic carbocycles. The van der Waals surface area contributed by atoms with Crippen LogP contribution in [0.4, 0.5) is 10.5 Å². The van der Waals surface area contributed by atoms with Crippen LogP contribution < -0.4 is 5.32 Å². The van der Waals surface area contributed by atoms with E-state index in [4.69, 9.17) is 9.47 Å². The van der Waals surface area contributed by atoms with Crippen molar-refractivity contribution in [3.63, 3.8) is 0 Å². The van der Waals surface area contributed by atoms with Crippen LogP contribution in [0, 0.1) is 0 Å². The van der Waals surface area contributed by atoms with E-state index >= 15 is 0 Å². The SMILES string of the molecule is C[C@H]1CN(C(=O)Nc2ccc3cc[nH]c3c2)C[C@]2(CCOC2)O1. The number of hydrogen-bond donors (Lipinski definition) is 2. The maximum Gasteiger partial charge on any atom is 0.322 e. The third-order valence-electron chi connectivity index (χ3n) is 4.57. The number of carbonyl (C=O) groups excluding carboxylic acids is 1. The van der Waals surface area contributed by atoms with Gasteiger partial charge in [-0.2, -0.15) is 0 Å². The Kier molecular flexibility index (Phi) is 3.50. The van der Waals surface area contributed by atoms with E-state index in [9.17, 15) is 4.79 Å². The van der Waals surface area contributed by atoms with Crippen LogP contribution in [0.25, 0.3) is 10.9 Å². The summed E-state index contributed by atoms with van der Waals surface area (Å²) in [5.74, 6) is 0. The molecule has 2 saturated heterocycles. The molecule has 6 nitrogen and oxygen atoms in total. The molecule has 2 N–H and O–H groups in total. The summed E-state index contributed by atoms with van der Waals surface area (Å²) in [5, 5.41) is 4.12. The van der Waals surface area contributed by atoms with Gasteiger partial charge in [0.2, 0.25) is 0 Å². The number of morpholine rings is 1. The Hall–Kier alpha value is -2.05. The Balaban J connectivity index is 1.49. The zero-order chi connectivity index (χ0) is 15.9. The molecule has 2 aliphatic heterocycles. The molecule has 2 atom stereocenters. The minimum absolute atomic E-state index is 0.0158. The van der Waals surface area contributed by atoms with Crippen molar-refractivity contribution < 1.29 is 14.3 Å². The molecule has 0 radical (unpaired) electrons. The van der Waals surface area contributed by atoms with E-state index in [1.807, 2.05) is 42.3 Å². The van der Waals surface area contributed by atoms with Crippen molar-refractivity contribution in [2.45, 2.75) is 25.0 Å². The summed E-state index contributed by atoms with van der Waals surface area (Å²) in [6, 6.07) is 7.79. The summed E-state index contributed by atoms with van der Waals surface area (Å²) in [5.41, 5.74) is 1.47. The van der Waals surface area contributed by atoms with Gasteiger partial charge in [0.25, 0.3) is 0 Å². The first-order chi connectivity index (χ1) is 11.1. The molecular weight excluding hydrogens is 294 g/mol. The fourth-order valence-corrected chi connectivity index (χ4v) is 3.51. The van der Waals surface area contributed by atoms with Crippen LogP contribution in [-0.2, 0) is 9.47 Å². The number of H-pyrrole nitrogens is 1. The van der Waals surface area contributed by atoms with Gasteiger partial charge in [-0.15, -0.1) is 0 Å². The molecule has 6 heteroatoms. The number of amides is 2. The summed E-state index contributed by atoms with van der Waals surface area (Å²) < 4.78 is 11.5. The number of urea groups is 1. The molecule has 4 rings (SSSR count). The second kappa shape index (κ2) is 5.54. The fourth-order valence-electron chi connectivity index (χ4n) is 3.51. The fraction of sp³-hybridized carbons (Fsp3) is 0.471. The van der Waals surface area contributed by atoms with E-state index in [0.717, 1.165) is 23.0 Å². The zero-order valence-electron chi connectivity index (χ0n) is 13.2. The molecule has 2 fully saturated rings. The van der Waals surface area contributed by atoms with Crippen molar-refractivity contribution in [2.24, 2.45) is 0 Å². The highest BCUT2D eigenvalue weighted by Crippen LogP contribution is 2.30. The summed E-state index contributed by atoms with van der Waals surface area (Å²) in [6.45, 7) is 4.44. The van der Waals surface area contributed by atoms with Gasteiger partial charge in [0.1, 0.15) is 5.60 Å². The molecule has 0 saturated carbocycles. The number of fused-ring (bicyclic) bond motifs is 1. The first kappa shape index (κ1) is 14.5. The van der Waals surface area contributed by atoms with E-state index in [1.165, 1.54) is 0 Å². The van der Waals surface area contributed by atoms with E-state index in [1.54, 1.807) is 0 Å². The van der Waals surface area contributed by atoms with Crippen LogP contribution in [0.3, 0.4) is 0 Å². The van der Waals surface area contributed by atoms with Gasteiger partial charge >= 0.3 is 6.03 Å². The number of ether oxygens (including phenoxy) is 2. The van der Waals surface area contributed by atoms with Crippen LogP contribution in [0.1, 0.15) is 13.3 Å². The van der Waals surface area contributed by atoms with Crippen molar-refractivity contribution in [1.29, 1.82) is 0 Å². The average molecular weight is 315 g/mol. The molecule has 2 amide bonds. The zero-order valence-corrected chi connectivity index (χ0v) is 13.2. The van der Waals surface area contributed by atoms with Gasteiger partial charge in [-0.3, -0.25) is 0 Å². The van der Waals surface area contributed by atoms with Crippen LogP contribution in [0.2, 0.25) is 0 Å². The Morgan fingerprint density at radius 3 is 3.17 bits per heavy atom. The number of hydrogen-bond acceptors (Lipinski definition) is 3. The topological polar surface area (TPSA) is 66.6 Å². The summed E-state index contributed by atoms with van der Waals surface area (Å²) in [6.07, 6.45) is 2.75. The minimum atomic E-state index is -0.335. The Bertz CT molecular complexity index is 721. The van der Waals surface area contributed by atoms with E-state index in [-0.39, 0.29) is 17.7 Å². The quantitative estimate of drug-likeness (QED) is 0.850. The molecule has 0 bridgehead atoms. The van der Waals surface area contributed by atoms with Crippen molar-refractivity contribution >= 4 is 22.6 Å². The number of aromatic amines is 1. The number of anilines is 1. The summed E-state index contributed by atoms with van der Waals surface area (Å²) in [4.78, 5) is 17.6. The monoisotopic (exact) mass is 315 g/mol. The molecule has 0 unspecified atom stereocenters. The van der Waals surface area contributed by atoms with Gasteiger partial charge < -0.3 is 24.7 Å². The maximum atomic E-state index is 12.6. The number of nitrogens with zero attached hydrogens (tertiary/aromatic N) is 1. The third kappa shape index (κ3) is 2.80. The van der Waals surface area contributed by atoms with Crippen molar-refractivity contribution in [1.82, 2.24) is 9.88 Å². The largest absolute Gasteiger partial charge is 0.378 e. The molecule has 1 aromatic heterocycles. The maximum absolute atomic E-state index is 12.6. The molecule has 0 aliphatic carbocycles. The molecule has 1 spiro atoms. The van der Waals surface area contributed by atoms with Gasteiger partial charge in [-0.1, -0.05) is 6.07 Å². The predicted molar refractivity (Wildman–Crippen MR) is 87.6 cm³/mol. The highest BCUT2D eigenvalue weighted by atomic mass is 16.6. The standard InChI is InChI=1S/C17H21N3O3/c1-12-9-20(10-17(23-12)5-7-22-11-17)16(21)19-14-3-2-13-4-6-18-15(13)8-14/h2-4,6,8,12,18H,5,7,9-11H2,1H3,(H,19,21)/t12-,17-/m0/s1. The molecule has 2 aromatic rings. The molecular formula is C17H21N3O3. The first-order valence-electron chi connectivity index (χ1n) is 8.02. The van der Waals surface area contributed by atoms with Gasteiger partial charge in [0.05, 0.1) is 19.3 Å². The average Bonchev–Trinajstić information content (AvgIpc) is 3.15. The molecule has 3 heterocycles. The van der Waals surface area contributed by atoms with Gasteiger partial charge in [-0.25, -0.2) is 4.79 Å². The predicted octanol–water partition coefficient (Wildman–Crippen LogP) is 2.58. The van der Waals surface area contributed by atoms with Crippen LogP contribution in [-0.4, -0.2) is 53.9 Å². The van der Waals surface area contributed by atoms with E-state index in [2.05, 4.69) is 10.3 Å². The lowest BCUT2D eigenvalue weighted by atomic mass is 9.99. The van der Waals surface area contributed by atoms with Gasteiger partial charge in [0, 0.05) is 37.0 Å². The van der Waals surface area contributed by atoms with Crippen molar-refractivity contribution in [2.75, 3.05) is 31.6 Å². The van der Waals surface area contributed by atoms with Crippen molar-refractivity contribution in [3.05, 3.63) is 30.5 Å². The molecule has 2 aliphatic rings. The Labute approximate surface area is 134 Å². The minimum Gasteiger partial charge on any atom is -0.378 e. The highest BCUT2D eigenvalue weighted by Gasteiger charge is 2.44. The van der Waals surface area contributed by atoms with E-state index in [0.29, 0.717) is 26.3 Å². The van der Waals surface area contributed by atoms with Crippen LogP contribution >= 0.6 is 0 Å². The first-order valence-corrected chi connectivity index (χ1v) is 8.02. The molecule has 23 heavy (non-hydrogen) atoms. The van der Waals surface area contributed by atoms with E-state index < -0.39 is 0 Å². The number of carbonyl (C=O) groups is 1. The third-order valence-corrected chi connectivity index (χ3v) is 4.57. The second-order valence-corrected chi connectivity index (χ2v) is 6.50. The number of rotatable bonds is 1. The molecule has 122 valence electrons. The number of aromatic nitrogens is 1. The Morgan fingerprint density at radius 1 is 1.43 bits per heavy atom. The van der Waals surface area contributed by atoms with Crippen LogP contribution in [0.5, 0.6) is 0 Å². The van der Waals surface area contributed by atoms with Crippen molar-refractivity contribution in [3.8, 4) is 0 Å². The number of nitrogens with one attached hydrogen (secondary N) is 2. The second-order valence-electron chi connectivity index (χ2n) is 6.50. The number of benzene rings is 1. The lowest BCUT2D eigenvalue weighted by Crippen LogP contribution is -2.57. The van der Waals surface area contributed by atoms with Gasteiger partial charge in [-0.05, 0) is 30.5 Å². The Morgan fingerprint density at radius 2 is 2.35 bits per heavy atom. The normalized spacial score (nSPS) is 27.7. The lowest BCUT2D eigenvalue weighted by molar-refractivity contribution is -0.136.